The van der Waals surface area contributed by atoms with Gasteiger partial charge in [0.1, 0.15) is 0 Å². The molecule has 2 rings (SSSR count). The van der Waals surface area contributed by atoms with Crippen LogP contribution in [-0.2, 0) is 11.3 Å². The Balaban J connectivity index is 1.88. The Hall–Kier alpha value is -1.49. The van der Waals surface area contributed by atoms with E-state index < -0.39 is 11.6 Å². The number of benzene rings is 1. The fourth-order valence-corrected chi connectivity index (χ4v) is 2.49. The molecule has 1 aromatic rings. The van der Waals surface area contributed by atoms with E-state index >= 15 is 0 Å². The van der Waals surface area contributed by atoms with Crippen molar-refractivity contribution in [3.05, 3.63) is 35.4 Å². The van der Waals surface area contributed by atoms with Crippen LogP contribution in [0.25, 0.3) is 0 Å². The molecule has 1 saturated heterocycles. The van der Waals surface area contributed by atoms with E-state index in [9.17, 15) is 13.6 Å². The predicted molar refractivity (Wildman–Crippen MR) is 73.0 cm³/mol. The molecule has 0 saturated carbocycles. The number of rotatable bonds is 4. The van der Waals surface area contributed by atoms with Gasteiger partial charge in [0.2, 0.25) is 5.91 Å². The largest absolute Gasteiger partial charge is 0.341 e. The summed E-state index contributed by atoms with van der Waals surface area (Å²) in [6, 6.07) is 3.74. The number of hydrogen-bond acceptors (Lipinski definition) is 2. The van der Waals surface area contributed by atoms with Crippen LogP contribution in [0, 0.1) is 17.6 Å². The standard InChI is InChI=1S/C15H20F2N2O/c1-19(10-12-2-3-13(16)14(17)8-12)15(20)9-11-4-6-18-7-5-11/h2-3,8,11,18H,4-7,9-10H2,1H3. The Kier molecular flexibility index (Phi) is 5.06. The molecule has 0 aromatic heterocycles. The minimum absolute atomic E-state index is 0.0571. The number of amides is 1. The van der Waals surface area contributed by atoms with Crippen molar-refractivity contribution in [1.29, 1.82) is 0 Å². The van der Waals surface area contributed by atoms with Crippen LogP contribution < -0.4 is 5.32 Å². The van der Waals surface area contributed by atoms with Crippen LogP contribution in [0.4, 0.5) is 8.78 Å². The van der Waals surface area contributed by atoms with Gasteiger partial charge in [0, 0.05) is 20.0 Å². The number of halogens is 2. The van der Waals surface area contributed by atoms with E-state index in [4.69, 9.17) is 0 Å². The molecule has 1 amide bonds. The lowest BCUT2D eigenvalue weighted by Crippen LogP contribution is -2.33. The van der Waals surface area contributed by atoms with Gasteiger partial charge in [-0.2, -0.15) is 0 Å². The van der Waals surface area contributed by atoms with Gasteiger partial charge < -0.3 is 10.2 Å². The molecular weight excluding hydrogens is 262 g/mol. The van der Waals surface area contributed by atoms with Gasteiger partial charge in [-0.25, -0.2) is 8.78 Å². The normalized spacial score (nSPS) is 16.1. The van der Waals surface area contributed by atoms with Gasteiger partial charge in [-0.1, -0.05) is 6.07 Å². The zero-order valence-electron chi connectivity index (χ0n) is 11.7. The minimum atomic E-state index is -0.873. The highest BCUT2D eigenvalue weighted by molar-refractivity contribution is 5.76. The number of nitrogens with one attached hydrogen (secondary N) is 1. The highest BCUT2D eigenvalue weighted by Gasteiger charge is 2.19. The fourth-order valence-electron chi connectivity index (χ4n) is 2.49. The molecule has 1 aliphatic heterocycles. The van der Waals surface area contributed by atoms with Crippen molar-refractivity contribution in [2.45, 2.75) is 25.8 Å². The van der Waals surface area contributed by atoms with Crippen molar-refractivity contribution < 1.29 is 13.6 Å². The minimum Gasteiger partial charge on any atom is -0.341 e. The number of piperidine rings is 1. The predicted octanol–water partition coefficient (Wildman–Crippen LogP) is 2.31. The average molecular weight is 282 g/mol. The fraction of sp³-hybridized carbons (Fsp3) is 0.533. The van der Waals surface area contributed by atoms with Gasteiger partial charge in [-0.15, -0.1) is 0 Å². The molecule has 20 heavy (non-hydrogen) atoms. The molecule has 0 aliphatic carbocycles. The molecular formula is C15H20F2N2O. The molecule has 1 aliphatic rings. The van der Waals surface area contributed by atoms with Crippen molar-refractivity contribution >= 4 is 5.91 Å². The van der Waals surface area contributed by atoms with Crippen LogP contribution in [0.5, 0.6) is 0 Å². The van der Waals surface area contributed by atoms with Crippen LogP contribution in [0.1, 0.15) is 24.8 Å². The maximum Gasteiger partial charge on any atom is 0.222 e. The Morgan fingerprint density at radius 3 is 2.65 bits per heavy atom. The molecule has 1 aromatic carbocycles. The van der Waals surface area contributed by atoms with E-state index in [1.54, 1.807) is 11.9 Å². The summed E-state index contributed by atoms with van der Waals surface area (Å²) in [6.45, 7) is 2.23. The Bertz CT molecular complexity index is 473. The first-order valence-corrected chi connectivity index (χ1v) is 6.95. The third kappa shape index (κ3) is 4.00. The van der Waals surface area contributed by atoms with E-state index in [1.165, 1.54) is 6.07 Å². The first-order chi connectivity index (χ1) is 9.56. The molecule has 5 heteroatoms. The van der Waals surface area contributed by atoms with Crippen molar-refractivity contribution in [2.24, 2.45) is 5.92 Å². The first-order valence-electron chi connectivity index (χ1n) is 6.95. The van der Waals surface area contributed by atoms with Gasteiger partial charge in [0.05, 0.1) is 0 Å². The second-order valence-electron chi connectivity index (χ2n) is 5.40. The van der Waals surface area contributed by atoms with Gasteiger partial charge >= 0.3 is 0 Å². The monoisotopic (exact) mass is 282 g/mol. The molecule has 0 bridgehead atoms. The van der Waals surface area contributed by atoms with E-state index in [2.05, 4.69) is 5.32 Å². The summed E-state index contributed by atoms with van der Waals surface area (Å²) in [5.74, 6) is -1.25. The summed E-state index contributed by atoms with van der Waals surface area (Å²) in [5, 5.41) is 3.27. The highest BCUT2D eigenvalue weighted by Crippen LogP contribution is 2.18. The highest BCUT2D eigenvalue weighted by atomic mass is 19.2. The van der Waals surface area contributed by atoms with E-state index in [0.29, 0.717) is 24.4 Å². The summed E-state index contributed by atoms with van der Waals surface area (Å²) in [4.78, 5) is 13.7. The Morgan fingerprint density at radius 1 is 1.30 bits per heavy atom. The zero-order chi connectivity index (χ0) is 14.5. The second kappa shape index (κ2) is 6.79. The van der Waals surface area contributed by atoms with Gasteiger partial charge in [0.25, 0.3) is 0 Å². The molecule has 1 heterocycles. The lowest BCUT2D eigenvalue weighted by Gasteiger charge is -2.25. The number of nitrogens with zero attached hydrogens (tertiary/aromatic N) is 1. The lowest BCUT2D eigenvalue weighted by molar-refractivity contribution is -0.131. The molecule has 0 unspecified atom stereocenters. The Labute approximate surface area is 118 Å². The Morgan fingerprint density at radius 2 is 2.00 bits per heavy atom. The van der Waals surface area contributed by atoms with E-state index in [0.717, 1.165) is 38.1 Å². The van der Waals surface area contributed by atoms with Crippen LogP contribution in [0.2, 0.25) is 0 Å². The summed E-state index contributed by atoms with van der Waals surface area (Å²) in [6.07, 6.45) is 2.57. The van der Waals surface area contributed by atoms with Gasteiger partial charge in [0.15, 0.2) is 11.6 Å². The molecule has 0 atom stereocenters. The molecule has 0 radical (unpaired) electrons. The summed E-state index contributed by atoms with van der Waals surface area (Å²) in [5.41, 5.74) is 0.602. The van der Waals surface area contributed by atoms with Gasteiger partial charge in [-0.05, 0) is 49.5 Å². The zero-order valence-corrected chi connectivity index (χ0v) is 11.7. The smallest absolute Gasteiger partial charge is 0.222 e. The number of carbonyl (C=O) groups excluding carboxylic acids is 1. The quantitative estimate of drug-likeness (QED) is 0.919. The second-order valence-corrected chi connectivity index (χ2v) is 5.40. The molecule has 1 fully saturated rings. The van der Waals surface area contributed by atoms with Crippen LogP contribution in [0.15, 0.2) is 18.2 Å². The average Bonchev–Trinajstić information content (AvgIpc) is 2.44. The summed E-state index contributed by atoms with van der Waals surface area (Å²) >= 11 is 0. The molecule has 1 N–H and O–H groups in total. The lowest BCUT2D eigenvalue weighted by atomic mass is 9.94. The van der Waals surface area contributed by atoms with E-state index in [1.807, 2.05) is 0 Å². The van der Waals surface area contributed by atoms with Crippen LogP contribution >= 0.6 is 0 Å². The number of carbonyl (C=O) groups is 1. The molecule has 3 nitrogen and oxygen atoms in total. The summed E-state index contributed by atoms with van der Waals surface area (Å²) in [7, 11) is 1.70. The van der Waals surface area contributed by atoms with Gasteiger partial charge in [-0.3, -0.25) is 4.79 Å². The molecule has 0 spiro atoms. The third-order valence-electron chi connectivity index (χ3n) is 3.75. The van der Waals surface area contributed by atoms with E-state index in [-0.39, 0.29) is 5.91 Å². The third-order valence-corrected chi connectivity index (χ3v) is 3.75. The van der Waals surface area contributed by atoms with Crippen LogP contribution in [-0.4, -0.2) is 30.9 Å². The first kappa shape index (κ1) is 14.9. The van der Waals surface area contributed by atoms with Crippen molar-refractivity contribution in [1.82, 2.24) is 10.2 Å². The van der Waals surface area contributed by atoms with Crippen molar-refractivity contribution in [2.75, 3.05) is 20.1 Å². The van der Waals surface area contributed by atoms with Crippen LogP contribution in [0.3, 0.4) is 0 Å². The maximum atomic E-state index is 13.1. The number of hydrogen-bond donors (Lipinski definition) is 1. The van der Waals surface area contributed by atoms with Crippen molar-refractivity contribution in [3.8, 4) is 0 Å². The SMILES string of the molecule is CN(Cc1ccc(F)c(F)c1)C(=O)CC1CCNCC1. The molecule has 110 valence electrons. The van der Waals surface area contributed by atoms with Crippen molar-refractivity contribution in [3.63, 3.8) is 0 Å². The summed E-state index contributed by atoms with van der Waals surface area (Å²) < 4.78 is 26.0. The topological polar surface area (TPSA) is 32.3 Å². The maximum absolute atomic E-state index is 13.1.